The molecular formula is C24H27N7O3. The van der Waals surface area contributed by atoms with Crippen molar-refractivity contribution in [1.82, 2.24) is 24.8 Å². The van der Waals surface area contributed by atoms with Crippen LogP contribution in [-0.2, 0) is 11.3 Å². The number of carbonyl (C=O) groups is 1. The highest BCUT2D eigenvalue weighted by Gasteiger charge is 2.32. The average Bonchev–Trinajstić information content (AvgIpc) is 2.85. The molecule has 2 aliphatic rings. The maximum Gasteiger partial charge on any atom is 0.267 e. The molecule has 0 radical (unpaired) electrons. The quantitative estimate of drug-likeness (QED) is 0.588. The van der Waals surface area contributed by atoms with Gasteiger partial charge in [0.05, 0.1) is 6.54 Å². The molecule has 34 heavy (non-hydrogen) atoms. The van der Waals surface area contributed by atoms with Crippen molar-refractivity contribution in [2.24, 2.45) is 0 Å². The number of rotatable bonds is 5. The van der Waals surface area contributed by atoms with Gasteiger partial charge in [0.15, 0.2) is 11.5 Å². The topological polar surface area (TPSA) is 119 Å². The van der Waals surface area contributed by atoms with Gasteiger partial charge in [-0.25, -0.2) is 0 Å². The number of aromatic nitrogens is 3. The Morgan fingerprint density at radius 1 is 1.03 bits per heavy atom. The van der Waals surface area contributed by atoms with Crippen LogP contribution in [-0.4, -0.2) is 69.5 Å². The van der Waals surface area contributed by atoms with Crippen LogP contribution in [0.1, 0.15) is 11.4 Å². The van der Waals surface area contributed by atoms with Crippen LogP contribution in [0.25, 0.3) is 0 Å². The molecule has 2 aliphatic heterocycles. The molecule has 0 unspecified atom stereocenters. The van der Waals surface area contributed by atoms with Crippen LogP contribution in [0.4, 0.5) is 17.6 Å². The summed E-state index contributed by atoms with van der Waals surface area (Å²) < 4.78 is 11.6. The minimum atomic E-state index is -0.625. The molecule has 1 atom stereocenters. The Labute approximate surface area is 197 Å². The van der Waals surface area contributed by atoms with Gasteiger partial charge in [0.25, 0.3) is 5.91 Å². The van der Waals surface area contributed by atoms with Gasteiger partial charge in [-0.2, -0.15) is 15.0 Å². The molecule has 0 saturated carbocycles. The zero-order valence-electron chi connectivity index (χ0n) is 19.0. The number of ether oxygens (including phenoxy) is 2. The Morgan fingerprint density at radius 3 is 2.53 bits per heavy atom. The monoisotopic (exact) mass is 461 g/mol. The van der Waals surface area contributed by atoms with Gasteiger partial charge in [0.1, 0.15) is 12.4 Å². The SMILES string of the molecule is Cc1ccc(Nc2nc(N)nc(CN3CCN(C(=O)[C@H]4COc5ccccc5O4)CC3)n2)cc1. The number of carbonyl (C=O) groups excluding carboxylic acids is 1. The largest absolute Gasteiger partial charge is 0.485 e. The second-order valence-electron chi connectivity index (χ2n) is 8.39. The van der Waals surface area contributed by atoms with Gasteiger partial charge < -0.3 is 25.4 Å². The number of benzene rings is 2. The predicted molar refractivity (Wildman–Crippen MR) is 127 cm³/mol. The van der Waals surface area contributed by atoms with Crippen molar-refractivity contribution in [2.45, 2.75) is 19.6 Å². The molecule has 0 aliphatic carbocycles. The summed E-state index contributed by atoms with van der Waals surface area (Å²) in [7, 11) is 0. The lowest BCUT2D eigenvalue weighted by atomic mass is 10.2. The molecule has 10 heteroatoms. The number of amides is 1. The fraction of sp³-hybridized carbons (Fsp3) is 0.333. The van der Waals surface area contributed by atoms with E-state index < -0.39 is 6.10 Å². The van der Waals surface area contributed by atoms with E-state index in [2.05, 4.69) is 25.2 Å². The molecule has 1 saturated heterocycles. The maximum absolute atomic E-state index is 13.0. The second-order valence-corrected chi connectivity index (χ2v) is 8.39. The number of nitrogens with zero attached hydrogens (tertiary/aromatic N) is 5. The number of nitrogens with one attached hydrogen (secondary N) is 1. The molecule has 176 valence electrons. The van der Waals surface area contributed by atoms with E-state index in [1.54, 1.807) is 0 Å². The normalized spacial score (nSPS) is 17.9. The first kappa shape index (κ1) is 21.9. The Bertz CT molecular complexity index is 1160. The number of hydrogen-bond donors (Lipinski definition) is 2. The molecule has 5 rings (SSSR count). The second kappa shape index (κ2) is 9.52. The first-order chi connectivity index (χ1) is 16.5. The number of para-hydroxylation sites is 2. The summed E-state index contributed by atoms with van der Waals surface area (Å²) in [5.74, 6) is 2.39. The van der Waals surface area contributed by atoms with Crippen LogP contribution in [0.3, 0.4) is 0 Å². The third-order valence-electron chi connectivity index (χ3n) is 5.84. The van der Waals surface area contributed by atoms with Gasteiger partial charge in [-0.15, -0.1) is 0 Å². The van der Waals surface area contributed by atoms with Crippen molar-refractivity contribution in [3.8, 4) is 11.5 Å². The molecule has 2 aromatic carbocycles. The van der Waals surface area contributed by atoms with E-state index in [0.717, 1.165) is 5.69 Å². The summed E-state index contributed by atoms with van der Waals surface area (Å²) in [6, 6.07) is 15.3. The number of piperazine rings is 1. The van der Waals surface area contributed by atoms with E-state index in [-0.39, 0.29) is 18.5 Å². The zero-order valence-corrected chi connectivity index (χ0v) is 19.0. The van der Waals surface area contributed by atoms with E-state index in [4.69, 9.17) is 15.2 Å². The Hall–Kier alpha value is -3.92. The Balaban J connectivity index is 1.16. The highest BCUT2D eigenvalue weighted by Crippen LogP contribution is 2.31. The van der Waals surface area contributed by atoms with Crippen molar-refractivity contribution in [1.29, 1.82) is 0 Å². The third kappa shape index (κ3) is 5.01. The molecule has 0 bridgehead atoms. The number of nitrogens with two attached hydrogens (primary N) is 1. The molecule has 3 aromatic rings. The van der Waals surface area contributed by atoms with Gasteiger partial charge in [-0.1, -0.05) is 29.8 Å². The summed E-state index contributed by atoms with van der Waals surface area (Å²) in [5, 5.41) is 3.18. The number of anilines is 3. The standard InChI is InChI=1S/C24H27N7O3/c1-16-6-8-17(9-7-16)26-24-28-21(27-23(25)29-24)14-30-10-12-31(13-11-30)22(32)20-15-33-18-4-2-3-5-19(18)34-20/h2-9,20H,10-15H2,1H3,(H3,25,26,27,28,29)/t20-/m1/s1. The highest BCUT2D eigenvalue weighted by atomic mass is 16.6. The zero-order chi connectivity index (χ0) is 23.5. The van der Waals surface area contributed by atoms with Crippen molar-refractivity contribution in [3.05, 3.63) is 59.9 Å². The average molecular weight is 462 g/mol. The van der Waals surface area contributed by atoms with E-state index >= 15 is 0 Å². The van der Waals surface area contributed by atoms with E-state index in [1.165, 1.54) is 5.56 Å². The van der Waals surface area contributed by atoms with Gasteiger partial charge in [-0.05, 0) is 31.2 Å². The summed E-state index contributed by atoms with van der Waals surface area (Å²) >= 11 is 0. The summed E-state index contributed by atoms with van der Waals surface area (Å²) in [4.78, 5) is 30.0. The minimum Gasteiger partial charge on any atom is -0.485 e. The predicted octanol–water partition coefficient (Wildman–Crippen LogP) is 1.99. The smallest absolute Gasteiger partial charge is 0.267 e. The fourth-order valence-corrected chi connectivity index (χ4v) is 4.00. The fourth-order valence-electron chi connectivity index (χ4n) is 4.00. The van der Waals surface area contributed by atoms with Crippen LogP contribution in [0.15, 0.2) is 48.5 Å². The van der Waals surface area contributed by atoms with E-state index in [9.17, 15) is 4.79 Å². The van der Waals surface area contributed by atoms with Crippen molar-refractivity contribution >= 4 is 23.5 Å². The van der Waals surface area contributed by atoms with Crippen molar-refractivity contribution in [3.63, 3.8) is 0 Å². The summed E-state index contributed by atoms with van der Waals surface area (Å²) in [6.07, 6.45) is -0.625. The molecule has 1 fully saturated rings. The van der Waals surface area contributed by atoms with Crippen LogP contribution in [0.5, 0.6) is 11.5 Å². The van der Waals surface area contributed by atoms with E-state index in [0.29, 0.717) is 56.0 Å². The molecule has 1 amide bonds. The van der Waals surface area contributed by atoms with Gasteiger partial charge in [-0.3, -0.25) is 9.69 Å². The van der Waals surface area contributed by atoms with Gasteiger partial charge >= 0.3 is 0 Å². The number of fused-ring (bicyclic) bond motifs is 1. The third-order valence-corrected chi connectivity index (χ3v) is 5.84. The van der Waals surface area contributed by atoms with Crippen LogP contribution >= 0.6 is 0 Å². The highest BCUT2D eigenvalue weighted by molar-refractivity contribution is 5.82. The van der Waals surface area contributed by atoms with Gasteiger partial charge in [0.2, 0.25) is 18.0 Å². The maximum atomic E-state index is 13.0. The first-order valence-electron chi connectivity index (χ1n) is 11.3. The number of nitrogen functional groups attached to an aromatic ring is 1. The Kier molecular flexibility index (Phi) is 6.13. The van der Waals surface area contributed by atoms with E-state index in [1.807, 2.05) is 60.4 Å². The molecule has 3 heterocycles. The summed E-state index contributed by atoms with van der Waals surface area (Å²) in [5.41, 5.74) is 7.97. The first-order valence-corrected chi connectivity index (χ1v) is 11.3. The van der Waals surface area contributed by atoms with Crippen LogP contribution in [0.2, 0.25) is 0 Å². The van der Waals surface area contributed by atoms with Gasteiger partial charge in [0, 0.05) is 31.9 Å². The van der Waals surface area contributed by atoms with Crippen molar-refractivity contribution in [2.75, 3.05) is 43.8 Å². The molecular weight excluding hydrogens is 434 g/mol. The number of aryl methyl sites for hydroxylation is 1. The van der Waals surface area contributed by atoms with Crippen molar-refractivity contribution < 1.29 is 14.3 Å². The molecule has 0 spiro atoms. The van der Waals surface area contributed by atoms with Crippen LogP contribution < -0.4 is 20.5 Å². The lowest BCUT2D eigenvalue weighted by molar-refractivity contribution is -0.143. The lowest BCUT2D eigenvalue weighted by Crippen LogP contribution is -2.53. The molecule has 1 aromatic heterocycles. The van der Waals surface area contributed by atoms with Crippen LogP contribution in [0, 0.1) is 6.92 Å². The Morgan fingerprint density at radius 2 is 1.76 bits per heavy atom. The minimum absolute atomic E-state index is 0.0526. The molecule has 3 N–H and O–H groups in total. The number of hydrogen-bond acceptors (Lipinski definition) is 9. The molecule has 10 nitrogen and oxygen atoms in total. The lowest BCUT2D eigenvalue weighted by Gasteiger charge is -2.36. The summed E-state index contributed by atoms with van der Waals surface area (Å²) in [6.45, 7) is 5.35.